The van der Waals surface area contributed by atoms with Crippen LogP contribution >= 0.6 is 0 Å². The second-order valence-electron chi connectivity index (χ2n) is 3.78. The zero-order valence-corrected chi connectivity index (χ0v) is 9.57. The smallest absolute Gasteiger partial charge is 0.251 e. The number of hydrogen-bond acceptors (Lipinski definition) is 3. The van der Waals surface area contributed by atoms with Gasteiger partial charge in [0, 0.05) is 32.1 Å². The van der Waals surface area contributed by atoms with Gasteiger partial charge in [0.05, 0.1) is 0 Å². The van der Waals surface area contributed by atoms with E-state index in [4.69, 9.17) is 0 Å². The molecular weight excluding hydrogens is 243 g/mol. The summed E-state index contributed by atoms with van der Waals surface area (Å²) in [6.07, 6.45) is 3.19. The summed E-state index contributed by atoms with van der Waals surface area (Å²) in [5, 5.41) is 0. The van der Waals surface area contributed by atoms with Crippen LogP contribution in [0.2, 0.25) is 0 Å². The zero-order chi connectivity index (χ0) is 13.1. The van der Waals surface area contributed by atoms with E-state index in [9.17, 15) is 13.2 Å². The summed E-state index contributed by atoms with van der Waals surface area (Å²) in [7, 11) is 1.54. The highest BCUT2D eigenvalue weighted by Crippen LogP contribution is 2.19. The third-order valence-electron chi connectivity index (χ3n) is 2.40. The summed E-state index contributed by atoms with van der Waals surface area (Å²) >= 11 is 0. The molecule has 0 unspecified atom stereocenters. The van der Waals surface area contributed by atoms with Crippen LogP contribution in [0.4, 0.5) is 19.0 Å². The Labute approximate surface area is 102 Å². The molecule has 0 atom stereocenters. The molecule has 0 spiro atoms. The fourth-order valence-electron chi connectivity index (χ4n) is 1.54. The molecule has 94 valence electrons. The molecule has 0 aliphatic heterocycles. The number of hydrogen-bond donors (Lipinski definition) is 0. The predicted molar refractivity (Wildman–Crippen MR) is 60.5 cm³/mol. The molecule has 0 fully saturated rings. The van der Waals surface area contributed by atoms with Gasteiger partial charge in [-0.2, -0.15) is 9.37 Å². The van der Waals surface area contributed by atoms with Crippen molar-refractivity contribution in [2.45, 2.75) is 6.54 Å². The van der Waals surface area contributed by atoms with Crippen LogP contribution < -0.4 is 4.90 Å². The molecular formula is C12H10F3N3. The van der Waals surface area contributed by atoms with Gasteiger partial charge in [0.25, 0.3) is 5.95 Å². The van der Waals surface area contributed by atoms with Crippen LogP contribution in [-0.2, 0) is 6.54 Å². The average molecular weight is 253 g/mol. The quantitative estimate of drug-likeness (QED) is 0.787. The molecule has 0 N–H and O–H groups in total. The summed E-state index contributed by atoms with van der Waals surface area (Å²) in [6, 6.07) is 3.98. The van der Waals surface area contributed by atoms with E-state index in [1.165, 1.54) is 4.90 Å². The van der Waals surface area contributed by atoms with Crippen molar-refractivity contribution in [2.75, 3.05) is 11.9 Å². The Morgan fingerprint density at radius 1 is 1.11 bits per heavy atom. The largest absolute Gasteiger partial charge is 0.353 e. The Morgan fingerprint density at radius 3 is 2.44 bits per heavy atom. The molecule has 0 aliphatic rings. The summed E-state index contributed by atoms with van der Waals surface area (Å²) in [6.45, 7) is 0.317. The first kappa shape index (κ1) is 12.3. The highest BCUT2D eigenvalue weighted by Gasteiger charge is 2.15. The van der Waals surface area contributed by atoms with Crippen LogP contribution in [0.5, 0.6) is 0 Å². The molecule has 0 bridgehead atoms. The predicted octanol–water partition coefficient (Wildman–Crippen LogP) is 2.53. The van der Waals surface area contributed by atoms with E-state index in [0.29, 0.717) is 12.6 Å². The molecule has 2 aromatic heterocycles. The van der Waals surface area contributed by atoms with Gasteiger partial charge >= 0.3 is 0 Å². The normalized spacial score (nSPS) is 10.4. The van der Waals surface area contributed by atoms with Crippen molar-refractivity contribution in [1.82, 2.24) is 9.97 Å². The van der Waals surface area contributed by atoms with E-state index < -0.39 is 17.6 Å². The van der Waals surface area contributed by atoms with Gasteiger partial charge in [0.1, 0.15) is 0 Å². The van der Waals surface area contributed by atoms with Gasteiger partial charge in [-0.25, -0.2) is 8.78 Å². The van der Waals surface area contributed by atoms with Crippen LogP contribution in [0.1, 0.15) is 5.56 Å². The minimum Gasteiger partial charge on any atom is -0.353 e. The maximum Gasteiger partial charge on any atom is 0.251 e. The van der Waals surface area contributed by atoms with E-state index in [2.05, 4.69) is 9.97 Å². The Bertz CT molecular complexity index is 546. The van der Waals surface area contributed by atoms with Gasteiger partial charge in [0.2, 0.25) is 0 Å². The van der Waals surface area contributed by atoms with E-state index in [-0.39, 0.29) is 5.82 Å². The lowest BCUT2D eigenvalue weighted by molar-refractivity contribution is 0.463. The number of aromatic nitrogens is 2. The summed E-state index contributed by atoms with van der Waals surface area (Å²) < 4.78 is 39.2. The lowest BCUT2D eigenvalue weighted by atomic mass is 10.2. The van der Waals surface area contributed by atoms with Gasteiger partial charge in [-0.1, -0.05) is 0 Å². The molecule has 18 heavy (non-hydrogen) atoms. The number of pyridine rings is 2. The molecule has 2 heterocycles. The zero-order valence-electron chi connectivity index (χ0n) is 9.57. The van der Waals surface area contributed by atoms with Crippen LogP contribution in [0, 0.1) is 17.6 Å². The van der Waals surface area contributed by atoms with E-state index in [1.807, 2.05) is 0 Å². The van der Waals surface area contributed by atoms with Gasteiger partial charge in [-0.05, 0) is 17.7 Å². The lowest BCUT2D eigenvalue weighted by Crippen LogP contribution is -2.20. The molecule has 2 aromatic rings. The molecule has 3 nitrogen and oxygen atoms in total. The number of anilines is 1. The molecule has 0 amide bonds. The summed E-state index contributed by atoms with van der Waals surface area (Å²) in [4.78, 5) is 8.51. The van der Waals surface area contributed by atoms with Crippen LogP contribution in [0.25, 0.3) is 0 Å². The Kier molecular flexibility index (Phi) is 3.45. The first-order valence-electron chi connectivity index (χ1n) is 5.19. The van der Waals surface area contributed by atoms with Gasteiger partial charge in [0.15, 0.2) is 17.5 Å². The topological polar surface area (TPSA) is 29.0 Å². The van der Waals surface area contributed by atoms with Crippen molar-refractivity contribution in [3.05, 3.63) is 53.7 Å². The van der Waals surface area contributed by atoms with Crippen molar-refractivity contribution in [3.8, 4) is 0 Å². The van der Waals surface area contributed by atoms with Crippen LogP contribution in [0.3, 0.4) is 0 Å². The second kappa shape index (κ2) is 5.03. The molecule has 6 heteroatoms. The first-order chi connectivity index (χ1) is 8.58. The number of nitrogens with zero attached hydrogens (tertiary/aromatic N) is 3. The standard InChI is InChI=1S/C12H10F3N3/c1-18(7-8-2-4-16-5-3-8)12-10(14)6-9(13)11(15)17-12/h2-6H,7H2,1H3. The van der Waals surface area contributed by atoms with Gasteiger partial charge < -0.3 is 4.90 Å². The molecule has 0 saturated carbocycles. The highest BCUT2D eigenvalue weighted by molar-refractivity contribution is 5.40. The first-order valence-corrected chi connectivity index (χ1v) is 5.19. The van der Waals surface area contributed by atoms with Crippen molar-refractivity contribution in [3.63, 3.8) is 0 Å². The molecule has 0 radical (unpaired) electrons. The third kappa shape index (κ3) is 2.58. The summed E-state index contributed by atoms with van der Waals surface area (Å²) in [5.74, 6) is -3.74. The number of rotatable bonds is 3. The average Bonchev–Trinajstić information content (AvgIpc) is 2.35. The Morgan fingerprint density at radius 2 is 1.78 bits per heavy atom. The van der Waals surface area contributed by atoms with Crippen LogP contribution in [-0.4, -0.2) is 17.0 Å². The maximum atomic E-state index is 13.5. The molecule has 2 rings (SSSR count). The summed E-state index contributed by atoms with van der Waals surface area (Å²) in [5.41, 5.74) is 0.860. The monoisotopic (exact) mass is 253 g/mol. The number of halogens is 3. The fraction of sp³-hybridized carbons (Fsp3) is 0.167. The van der Waals surface area contributed by atoms with Crippen molar-refractivity contribution < 1.29 is 13.2 Å². The fourth-order valence-corrected chi connectivity index (χ4v) is 1.54. The third-order valence-corrected chi connectivity index (χ3v) is 2.40. The van der Waals surface area contributed by atoms with Gasteiger partial charge in [-0.15, -0.1) is 0 Å². The van der Waals surface area contributed by atoms with E-state index in [0.717, 1.165) is 5.56 Å². The van der Waals surface area contributed by atoms with E-state index in [1.54, 1.807) is 31.6 Å². The minimum absolute atomic E-state index is 0.231. The second-order valence-corrected chi connectivity index (χ2v) is 3.78. The molecule has 0 aliphatic carbocycles. The minimum atomic E-state index is -1.31. The van der Waals surface area contributed by atoms with Crippen molar-refractivity contribution in [1.29, 1.82) is 0 Å². The molecule has 0 aromatic carbocycles. The lowest BCUT2D eigenvalue weighted by Gasteiger charge is -2.18. The Balaban J connectivity index is 2.24. The maximum absolute atomic E-state index is 13.5. The Hall–Kier alpha value is -2.11. The van der Waals surface area contributed by atoms with E-state index >= 15 is 0 Å². The SMILES string of the molecule is CN(Cc1ccncc1)c1nc(F)c(F)cc1F. The highest BCUT2D eigenvalue weighted by atomic mass is 19.2. The van der Waals surface area contributed by atoms with Gasteiger partial charge in [-0.3, -0.25) is 4.98 Å². The van der Waals surface area contributed by atoms with Crippen LogP contribution in [0.15, 0.2) is 30.6 Å². The van der Waals surface area contributed by atoms with Crippen molar-refractivity contribution >= 4 is 5.82 Å². The molecule has 0 saturated heterocycles. The van der Waals surface area contributed by atoms with Crippen molar-refractivity contribution in [2.24, 2.45) is 0 Å².